The standard InChI is InChI=1S/C21H14N2O4S/c24-19-13-27-17-6-2-1-5-16(17)23(19)11-3-4-14-7-9-15(10-8-14)12-18-20(25)22-21(26)28-18/h1-2,5-10,12H,11,13H2,(H,22,25,26). The summed E-state index contributed by atoms with van der Waals surface area (Å²) in [7, 11) is 0. The summed E-state index contributed by atoms with van der Waals surface area (Å²) in [5, 5.41) is 1.86. The quantitative estimate of drug-likeness (QED) is 0.630. The number of para-hydroxylation sites is 2. The molecule has 1 N–H and O–H groups in total. The molecule has 138 valence electrons. The van der Waals surface area contributed by atoms with Gasteiger partial charge in [-0.2, -0.15) is 0 Å². The summed E-state index contributed by atoms with van der Waals surface area (Å²) in [5.74, 6) is 6.22. The first-order valence-electron chi connectivity index (χ1n) is 8.46. The Hall–Kier alpha value is -3.50. The molecule has 0 spiro atoms. The summed E-state index contributed by atoms with van der Waals surface area (Å²) < 4.78 is 5.42. The first-order chi connectivity index (χ1) is 13.6. The lowest BCUT2D eigenvalue weighted by Crippen LogP contribution is -2.38. The van der Waals surface area contributed by atoms with Crippen molar-refractivity contribution in [1.82, 2.24) is 5.32 Å². The molecule has 3 amide bonds. The van der Waals surface area contributed by atoms with Crippen molar-refractivity contribution in [2.75, 3.05) is 18.1 Å². The van der Waals surface area contributed by atoms with Gasteiger partial charge in [0, 0.05) is 5.56 Å². The van der Waals surface area contributed by atoms with Gasteiger partial charge in [0.1, 0.15) is 5.75 Å². The molecule has 0 atom stereocenters. The molecular weight excluding hydrogens is 376 g/mol. The Bertz CT molecular complexity index is 1060. The maximum Gasteiger partial charge on any atom is 0.290 e. The number of nitrogens with one attached hydrogen (secondary N) is 1. The van der Waals surface area contributed by atoms with Crippen LogP contribution < -0.4 is 15.0 Å². The van der Waals surface area contributed by atoms with Crippen LogP contribution in [0.1, 0.15) is 11.1 Å². The van der Waals surface area contributed by atoms with Crippen molar-refractivity contribution in [2.24, 2.45) is 0 Å². The molecule has 0 bridgehead atoms. The summed E-state index contributed by atoms with van der Waals surface area (Å²) in [4.78, 5) is 36.9. The zero-order valence-electron chi connectivity index (χ0n) is 14.6. The largest absolute Gasteiger partial charge is 0.482 e. The number of imide groups is 1. The third-order valence-electron chi connectivity index (χ3n) is 4.13. The molecule has 1 fully saturated rings. The molecule has 28 heavy (non-hydrogen) atoms. The van der Waals surface area contributed by atoms with E-state index < -0.39 is 0 Å². The summed E-state index contributed by atoms with van der Waals surface area (Å²) in [6, 6.07) is 14.7. The highest BCUT2D eigenvalue weighted by Gasteiger charge is 2.25. The van der Waals surface area contributed by atoms with Gasteiger partial charge >= 0.3 is 0 Å². The molecule has 7 heteroatoms. The minimum absolute atomic E-state index is 0.0101. The van der Waals surface area contributed by atoms with Gasteiger partial charge < -0.3 is 4.74 Å². The number of hydrogen-bond donors (Lipinski definition) is 1. The van der Waals surface area contributed by atoms with Crippen LogP contribution in [0.25, 0.3) is 6.08 Å². The second-order valence-corrected chi connectivity index (χ2v) is 7.03. The van der Waals surface area contributed by atoms with Gasteiger partial charge in [0.05, 0.1) is 17.1 Å². The Morgan fingerprint density at radius 2 is 1.89 bits per heavy atom. The zero-order chi connectivity index (χ0) is 19.5. The van der Waals surface area contributed by atoms with E-state index in [0.29, 0.717) is 10.7 Å². The van der Waals surface area contributed by atoms with Crippen LogP contribution >= 0.6 is 11.8 Å². The van der Waals surface area contributed by atoms with Crippen LogP contribution in [0.5, 0.6) is 5.75 Å². The molecule has 0 unspecified atom stereocenters. The highest BCUT2D eigenvalue weighted by Crippen LogP contribution is 2.31. The van der Waals surface area contributed by atoms with Crippen LogP contribution in [-0.2, 0) is 9.59 Å². The number of thioether (sulfide) groups is 1. The Balaban J connectivity index is 1.46. The molecule has 2 aliphatic heterocycles. The molecule has 0 aliphatic carbocycles. The summed E-state index contributed by atoms with van der Waals surface area (Å²) in [6.45, 7) is 0.278. The molecule has 0 saturated carbocycles. The number of rotatable bonds is 2. The second-order valence-electron chi connectivity index (χ2n) is 6.01. The smallest absolute Gasteiger partial charge is 0.290 e. The second kappa shape index (κ2) is 7.62. The fraction of sp³-hybridized carbons (Fsp3) is 0.0952. The van der Waals surface area contributed by atoms with Gasteiger partial charge in [-0.15, -0.1) is 0 Å². The number of anilines is 1. The average Bonchev–Trinajstić information content (AvgIpc) is 3.01. The predicted octanol–water partition coefficient (Wildman–Crippen LogP) is 2.79. The topological polar surface area (TPSA) is 75.7 Å². The number of fused-ring (bicyclic) bond motifs is 1. The summed E-state index contributed by atoms with van der Waals surface area (Å²) in [6.07, 6.45) is 1.66. The minimum atomic E-state index is -0.380. The van der Waals surface area contributed by atoms with E-state index in [1.807, 2.05) is 48.5 Å². The van der Waals surface area contributed by atoms with Gasteiger partial charge in [-0.25, -0.2) is 0 Å². The molecule has 0 radical (unpaired) electrons. The third kappa shape index (κ3) is 3.77. The van der Waals surface area contributed by atoms with E-state index in [4.69, 9.17) is 4.74 Å². The van der Waals surface area contributed by atoms with E-state index in [1.165, 1.54) is 0 Å². The number of benzene rings is 2. The van der Waals surface area contributed by atoms with E-state index >= 15 is 0 Å². The number of amides is 3. The van der Waals surface area contributed by atoms with E-state index in [2.05, 4.69) is 17.2 Å². The van der Waals surface area contributed by atoms with Crippen molar-refractivity contribution in [3.05, 3.63) is 64.6 Å². The summed E-state index contributed by atoms with van der Waals surface area (Å²) >= 11 is 0.883. The Morgan fingerprint density at radius 3 is 2.64 bits per heavy atom. The Labute approximate surface area is 165 Å². The number of hydrogen-bond acceptors (Lipinski definition) is 5. The van der Waals surface area contributed by atoms with Crippen molar-refractivity contribution < 1.29 is 19.1 Å². The minimum Gasteiger partial charge on any atom is -0.482 e. The SMILES string of the molecule is O=C1NC(=O)C(=Cc2ccc(C#CCN3C(=O)COc4ccccc43)cc2)S1. The monoisotopic (exact) mass is 390 g/mol. The van der Waals surface area contributed by atoms with Crippen molar-refractivity contribution in [3.8, 4) is 17.6 Å². The van der Waals surface area contributed by atoms with E-state index in [1.54, 1.807) is 11.0 Å². The van der Waals surface area contributed by atoms with E-state index in [9.17, 15) is 14.4 Å². The number of carbonyl (C=O) groups excluding carboxylic acids is 3. The average molecular weight is 390 g/mol. The first kappa shape index (κ1) is 17.9. The van der Waals surface area contributed by atoms with Gasteiger partial charge in [-0.1, -0.05) is 36.1 Å². The normalized spacial score (nSPS) is 16.9. The molecular formula is C21H14N2O4S. The number of nitrogens with zero attached hydrogens (tertiary/aromatic N) is 1. The van der Waals surface area contributed by atoms with Gasteiger partial charge in [0.15, 0.2) is 6.61 Å². The van der Waals surface area contributed by atoms with Gasteiger partial charge in [-0.3, -0.25) is 24.6 Å². The van der Waals surface area contributed by atoms with Crippen molar-refractivity contribution in [3.63, 3.8) is 0 Å². The fourth-order valence-electron chi connectivity index (χ4n) is 2.78. The van der Waals surface area contributed by atoms with Crippen LogP contribution in [0, 0.1) is 11.8 Å². The van der Waals surface area contributed by atoms with Gasteiger partial charge in [0.2, 0.25) is 0 Å². The number of carbonyl (C=O) groups is 3. The maximum absolute atomic E-state index is 12.1. The van der Waals surface area contributed by atoms with Crippen LogP contribution in [0.15, 0.2) is 53.4 Å². The molecule has 2 aromatic carbocycles. The van der Waals surface area contributed by atoms with E-state index in [-0.39, 0.29) is 30.2 Å². The Kier molecular flexibility index (Phi) is 4.87. The molecule has 2 aliphatic rings. The van der Waals surface area contributed by atoms with Crippen molar-refractivity contribution >= 4 is 40.6 Å². The molecule has 4 rings (SSSR count). The maximum atomic E-state index is 12.1. The van der Waals surface area contributed by atoms with Crippen molar-refractivity contribution in [2.45, 2.75) is 0 Å². The zero-order valence-corrected chi connectivity index (χ0v) is 15.4. The van der Waals surface area contributed by atoms with Crippen LogP contribution in [0.2, 0.25) is 0 Å². The predicted molar refractivity (Wildman–Crippen MR) is 107 cm³/mol. The fourth-order valence-corrected chi connectivity index (χ4v) is 3.47. The van der Waals surface area contributed by atoms with Crippen LogP contribution in [0.4, 0.5) is 10.5 Å². The third-order valence-corrected chi connectivity index (χ3v) is 4.94. The van der Waals surface area contributed by atoms with E-state index in [0.717, 1.165) is 28.6 Å². The van der Waals surface area contributed by atoms with Crippen LogP contribution in [0.3, 0.4) is 0 Å². The van der Waals surface area contributed by atoms with Crippen LogP contribution in [-0.4, -0.2) is 30.2 Å². The summed E-state index contributed by atoms with van der Waals surface area (Å²) in [5.41, 5.74) is 2.31. The Morgan fingerprint density at radius 1 is 1.11 bits per heavy atom. The lowest BCUT2D eigenvalue weighted by atomic mass is 10.1. The highest BCUT2D eigenvalue weighted by molar-refractivity contribution is 8.18. The molecule has 1 saturated heterocycles. The number of ether oxygens (including phenoxy) is 1. The highest BCUT2D eigenvalue weighted by atomic mass is 32.2. The molecule has 0 aromatic heterocycles. The van der Waals surface area contributed by atoms with Gasteiger partial charge in [-0.05, 0) is 47.7 Å². The van der Waals surface area contributed by atoms with Crippen molar-refractivity contribution in [1.29, 1.82) is 0 Å². The first-order valence-corrected chi connectivity index (χ1v) is 9.28. The lowest BCUT2D eigenvalue weighted by Gasteiger charge is -2.27. The molecule has 2 aromatic rings. The molecule has 2 heterocycles. The molecule has 6 nitrogen and oxygen atoms in total. The van der Waals surface area contributed by atoms with Gasteiger partial charge in [0.25, 0.3) is 17.1 Å². The lowest BCUT2D eigenvalue weighted by molar-refractivity contribution is -0.121.